The number of carbonyl (C=O) groups excluding carboxylic acids is 1. The minimum absolute atomic E-state index is 0.272. The molecule has 0 fully saturated rings. The maximum Gasteiger partial charge on any atom is 0.413 e. The van der Waals surface area contributed by atoms with Crippen molar-refractivity contribution in [2.75, 3.05) is 28.1 Å². The van der Waals surface area contributed by atoms with Crippen LogP contribution in [0.15, 0.2) is 18.2 Å². The van der Waals surface area contributed by atoms with Crippen molar-refractivity contribution in [3.63, 3.8) is 0 Å². The molecular weight excluding hydrogens is 342 g/mol. The number of carbonyl (C=O) groups is 2. The number of ether oxygens (including phenoxy) is 4. The van der Waals surface area contributed by atoms with Crippen LogP contribution in [0.1, 0.15) is 33.3 Å². The number of hydrogen-bond acceptors (Lipinski definition) is 6. The number of hydrogen-bond donors (Lipinski definition) is 1. The van der Waals surface area contributed by atoms with E-state index in [4.69, 9.17) is 18.9 Å². The summed E-state index contributed by atoms with van der Waals surface area (Å²) < 4.78 is 20.9. The number of aliphatic carboxylic acids is 1. The molecule has 26 heavy (non-hydrogen) atoms. The summed E-state index contributed by atoms with van der Waals surface area (Å²) in [4.78, 5) is 25.9. The molecule has 0 heterocycles. The first-order valence-electron chi connectivity index (χ1n) is 7.96. The molecule has 0 aliphatic rings. The first-order chi connectivity index (χ1) is 12.0. The predicted octanol–water partition coefficient (Wildman–Crippen LogP) is 2.84. The van der Waals surface area contributed by atoms with E-state index in [-0.39, 0.29) is 6.73 Å². The van der Waals surface area contributed by atoms with Crippen LogP contribution in [0.25, 0.3) is 0 Å². The highest BCUT2D eigenvalue weighted by atomic mass is 16.6. The normalized spacial score (nSPS) is 13.5. The largest absolute Gasteiger partial charge is 0.493 e. The number of nitrogens with zero attached hydrogens (tertiary/aromatic N) is 1. The first kappa shape index (κ1) is 21.6. The van der Waals surface area contributed by atoms with Gasteiger partial charge in [-0.05, 0) is 45.4 Å². The van der Waals surface area contributed by atoms with E-state index >= 15 is 0 Å². The minimum Gasteiger partial charge on any atom is -0.493 e. The third kappa shape index (κ3) is 4.57. The van der Waals surface area contributed by atoms with Gasteiger partial charge in [0.05, 0.1) is 14.2 Å². The Bertz CT molecular complexity index is 653. The molecule has 0 aliphatic carbocycles. The second kappa shape index (κ2) is 8.27. The van der Waals surface area contributed by atoms with Crippen LogP contribution in [0.5, 0.6) is 11.5 Å². The molecule has 1 amide bonds. The van der Waals surface area contributed by atoms with E-state index in [1.165, 1.54) is 34.3 Å². The standard InChI is InChI=1S/C18H27NO7/c1-17(2,3)26-16(22)19(11-23-5)18(4,15(20)21)12-8-9-13(24-6)14(10-12)25-7/h8-10H,11H2,1-7H3,(H,20,21)/t18-/m1/s1. The van der Waals surface area contributed by atoms with Crippen molar-refractivity contribution in [1.29, 1.82) is 0 Å². The Morgan fingerprint density at radius 3 is 2.04 bits per heavy atom. The van der Waals surface area contributed by atoms with Crippen LogP contribution in [0, 0.1) is 0 Å². The maximum atomic E-state index is 12.7. The van der Waals surface area contributed by atoms with E-state index in [1.54, 1.807) is 32.9 Å². The van der Waals surface area contributed by atoms with Gasteiger partial charge in [-0.15, -0.1) is 0 Å². The second-order valence-electron chi connectivity index (χ2n) is 6.77. The summed E-state index contributed by atoms with van der Waals surface area (Å²) in [5, 5.41) is 9.94. The smallest absolute Gasteiger partial charge is 0.413 e. The summed E-state index contributed by atoms with van der Waals surface area (Å²) in [6.07, 6.45) is -0.806. The molecule has 0 radical (unpaired) electrons. The lowest BCUT2D eigenvalue weighted by atomic mass is 9.90. The molecule has 0 saturated heterocycles. The number of carboxylic acids is 1. The van der Waals surface area contributed by atoms with Gasteiger partial charge in [0.25, 0.3) is 0 Å². The van der Waals surface area contributed by atoms with Gasteiger partial charge >= 0.3 is 12.1 Å². The molecule has 0 bridgehead atoms. The molecule has 1 aromatic rings. The third-order valence-corrected chi connectivity index (χ3v) is 3.77. The maximum absolute atomic E-state index is 12.7. The zero-order chi connectivity index (χ0) is 20.1. The fraction of sp³-hybridized carbons (Fsp3) is 0.556. The van der Waals surface area contributed by atoms with Gasteiger partial charge in [-0.1, -0.05) is 6.07 Å². The fourth-order valence-corrected chi connectivity index (χ4v) is 2.34. The van der Waals surface area contributed by atoms with E-state index in [1.807, 2.05) is 0 Å². The third-order valence-electron chi connectivity index (χ3n) is 3.77. The predicted molar refractivity (Wildman–Crippen MR) is 94.5 cm³/mol. The Morgan fingerprint density at radius 1 is 1.04 bits per heavy atom. The number of benzene rings is 1. The van der Waals surface area contributed by atoms with Gasteiger partial charge in [-0.25, -0.2) is 9.59 Å². The van der Waals surface area contributed by atoms with Gasteiger partial charge in [-0.2, -0.15) is 0 Å². The summed E-state index contributed by atoms with van der Waals surface area (Å²) in [5.74, 6) is -0.453. The van der Waals surface area contributed by atoms with E-state index in [9.17, 15) is 14.7 Å². The van der Waals surface area contributed by atoms with Crippen LogP contribution in [-0.4, -0.2) is 55.7 Å². The summed E-state index contributed by atoms with van der Waals surface area (Å²) in [7, 11) is 4.29. The van der Waals surface area contributed by atoms with Gasteiger partial charge in [0.1, 0.15) is 12.3 Å². The lowest BCUT2D eigenvalue weighted by molar-refractivity contribution is -0.154. The van der Waals surface area contributed by atoms with E-state index in [0.29, 0.717) is 17.1 Å². The zero-order valence-electron chi connectivity index (χ0n) is 16.3. The Kier molecular flexibility index (Phi) is 6.86. The van der Waals surface area contributed by atoms with Crippen LogP contribution in [-0.2, 0) is 19.8 Å². The molecule has 0 aliphatic heterocycles. The summed E-state index contributed by atoms with van der Waals surface area (Å²) in [6, 6.07) is 4.65. The monoisotopic (exact) mass is 369 g/mol. The summed E-state index contributed by atoms with van der Waals surface area (Å²) >= 11 is 0. The number of rotatable bonds is 7. The highest BCUT2D eigenvalue weighted by Crippen LogP contribution is 2.36. The Hall–Kier alpha value is -2.48. The van der Waals surface area contributed by atoms with Gasteiger partial charge in [0, 0.05) is 7.11 Å². The van der Waals surface area contributed by atoms with Crippen molar-refractivity contribution < 1.29 is 33.6 Å². The Morgan fingerprint density at radius 2 is 1.62 bits per heavy atom. The van der Waals surface area contributed by atoms with Crippen molar-refractivity contribution in [2.45, 2.75) is 38.8 Å². The fourth-order valence-electron chi connectivity index (χ4n) is 2.34. The molecule has 0 saturated carbocycles. The average molecular weight is 369 g/mol. The topological polar surface area (TPSA) is 94.5 Å². The van der Waals surface area contributed by atoms with Crippen molar-refractivity contribution in [3.05, 3.63) is 23.8 Å². The minimum atomic E-state index is -1.75. The van der Waals surface area contributed by atoms with Crippen molar-refractivity contribution in [3.8, 4) is 11.5 Å². The number of amides is 1. The molecule has 146 valence electrons. The zero-order valence-corrected chi connectivity index (χ0v) is 16.3. The van der Waals surface area contributed by atoms with Crippen molar-refractivity contribution >= 4 is 12.1 Å². The molecular formula is C18H27NO7. The van der Waals surface area contributed by atoms with Crippen molar-refractivity contribution in [1.82, 2.24) is 4.90 Å². The van der Waals surface area contributed by atoms with Crippen LogP contribution in [0.4, 0.5) is 4.79 Å². The number of methoxy groups -OCH3 is 3. The molecule has 8 nitrogen and oxygen atoms in total. The molecule has 0 spiro atoms. The van der Waals surface area contributed by atoms with E-state index in [0.717, 1.165) is 4.90 Å². The molecule has 8 heteroatoms. The molecule has 0 aromatic heterocycles. The van der Waals surface area contributed by atoms with Crippen molar-refractivity contribution in [2.24, 2.45) is 0 Å². The molecule has 0 unspecified atom stereocenters. The van der Waals surface area contributed by atoms with Crippen LogP contribution in [0.3, 0.4) is 0 Å². The SMILES string of the molecule is COCN(C(=O)OC(C)(C)C)[C@@](C)(C(=O)O)c1ccc(OC)c(OC)c1. The van der Waals surface area contributed by atoms with Gasteiger partial charge < -0.3 is 24.1 Å². The first-order valence-corrected chi connectivity index (χ1v) is 7.96. The Balaban J connectivity index is 3.48. The lowest BCUT2D eigenvalue weighted by Gasteiger charge is -2.38. The van der Waals surface area contributed by atoms with Gasteiger partial charge in [-0.3, -0.25) is 4.90 Å². The highest BCUT2D eigenvalue weighted by Gasteiger charge is 2.46. The highest BCUT2D eigenvalue weighted by molar-refractivity contribution is 5.85. The van der Waals surface area contributed by atoms with Crippen LogP contribution < -0.4 is 9.47 Å². The van der Waals surface area contributed by atoms with Gasteiger partial charge in [0.2, 0.25) is 0 Å². The lowest BCUT2D eigenvalue weighted by Crippen LogP contribution is -2.54. The second-order valence-corrected chi connectivity index (χ2v) is 6.77. The average Bonchev–Trinajstić information content (AvgIpc) is 2.56. The van der Waals surface area contributed by atoms with Crippen LogP contribution in [0.2, 0.25) is 0 Å². The molecule has 1 atom stereocenters. The quantitative estimate of drug-likeness (QED) is 0.739. The molecule has 1 rings (SSSR count). The van der Waals surface area contributed by atoms with E-state index < -0.39 is 23.2 Å². The summed E-state index contributed by atoms with van der Waals surface area (Å²) in [5.41, 5.74) is -2.23. The van der Waals surface area contributed by atoms with E-state index in [2.05, 4.69) is 0 Å². The van der Waals surface area contributed by atoms with Gasteiger partial charge in [0.15, 0.2) is 17.0 Å². The Labute approximate surface area is 153 Å². The van der Waals surface area contributed by atoms with Crippen LogP contribution >= 0.6 is 0 Å². The molecule has 1 aromatic carbocycles. The molecule has 1 N–H and O–H groups in total. The summed E-state index contributed by atoms with van der Waals surface area (Å²) in [6.45, 7) is 6.23. The number of carboxylic acid groups (broad SMARTS) is 1.